The zero-order chi connectivity index (χ0) is 12.3. The van der Waals surface area contributed by atoms with Gasteiger partial charge in [0, 0.05) is 18.2 Å². The molecule has 0 bridgehead atoms. The SMILES string of the molecule is COc1cc(OC)cc(-n2cc(C=O)nn2)c1. The summed E-state index contributed by atoms with van der Waals surface area (Å²) in [5.74, 6) is 1.28. The maximum Gasteiger partial charge on any atom is 0.171 e. The minimum atomic E-state index is 0.270. The summed E-state index contributed by atoms with van der Waals surface area (Å²) in [4.78, 5) is 10.5. The molecule has 0 aliphatic rings. The van der Waals surface area contributed by atoms with Crippen molar-refractivity contribution in [2.24, 2.45) is 0 Å². The van der Waals surface area contributed by atoms with Gasteiger partial charge in [0.25, 0.3) is 0 Å². The first-order chi connectivity index (χ1) is 8.26. The molecule has 1 aromatic carbocycles. The van der Waals surface area contributed by atoms with E-state index in [0.29, 0.717) is 23.5 Å². The summed E-state index contributed by atoms with van der Waals surface area (Å²) in [7, 11) is 3.13. The van der Waals surface area contributed by atoms with Gasteiger partial charge in [0.05, 0.1) is 26.1 Å². The molecule has 0 aliphatic heterocycles. The summed E-state index contributed by atoms with van der Waals surface area (Å²) in [5.41, 5.74) is 0.980. The Balaban J connectivity index is 2.46. The van der Waals surface area contributed by atoms with Crippen molar-refractivity contribution in [3.05, 3.63) is 30.1 Å². The quantitative estimate of drug-likeness (QED) is 0.740. The van der Waals surface area contributed by atoms with Crippen LogP contribution < -0.4 is 9.47 Å². The van der Waals surface area contributed by atoms with Gasteiger partial charge in [-0.3, -0.25) is 4.79 Å². The van der Waals surface area contributed by atoms with Gasteiger partial charge in [-0.1, -0.05) is 5.21 Å². The molecule has 88 valence electrons. The second kappa shape index (κ2) is 4.65. The van der Waals surface area contributed by atoms with E-state index in [2.05, 4.69) is 10.3 Å². The lowest BCUT2D eigenvalue weighted by molar-refractivity contribution is 0.111. The van der Waals surface area contributed by atoms with Gasteiger partial charge in [0.1, 0.15) is 17.2 Å². The van der Waals surface area contributed by atoms with E-state index < -0.39 is 0 Å². The van der Waals surface area contributed by atoms with Crippen molar-refractivity contribution in [2.45, 2.75) is 0 Å². The number of carbonyl (C=O) groups excluding carboxylic acids is 1. The highest BCUT2D eigenvalue weighted by molar-refractivity contribution is 5.70. The smallest absolute Gasteiger partial charge is 0.171 e. The van der Waals surface area contributed by atoms with Gasteiger partial charge in [0.15, 0.2) is 6.29 Å². The third-order valence-corrected chi connectivity index (χ3v) is 2.23. The summed E-state index contributed by atoms with van der Waals surface area (Å²) in [6.07, 6.45) is 2.17. The second-order valence-corrected chi connectivity index (χ2v) is 3.28. The van der Waals surface area contributed by atoms with Crippen molar-refractivity contribution in [3.8, 4) is 17.2 Å². The Morgan fingerprint density at radius 2 is 1.82 bits per heavy atom. The van der Waals surface area contributed by atoms with E-state index in [-0.39, 0.29) is 5.69 Å². The first-order valence-electron chi connectivity index (χ1n) is 4.88. The van der Waals surface area contributed by atoms with Crippen LogP contribution in [0.15, 0.2) is 24.4 Å². The lowest BCUT2D eigenvalue weighted by Crippen LogP contribution is -1.97. The van der Waals surface area contributed by atoms with E-state index in [1.165, 1.54) is 10.9 Å². The molecule has 1 aromatic heterocycles. The molecule has 2 aromatic rings. The van der Waals surface area contributed by atoms with Crippen molar-refractivity contribution in [1.82, 2.24) is 15.0 Å². The Bertz CT molecular complexity index is 514. The zero-order valence-corrected chi connectivity index (χ0v) is 9.45. The van der Waals surface area contributed by atoms with Crippen LogP contribution in [0.1, 0.15) is 10.5 Å². The number of aldehydes is 1. The number of aromatic nitrogens is 3. The van der Waals surface area contributed by atoms with E-state index in [0.717, 1.165) is 0 Å². The monoisotopic (exact) mass is 233 g/mol. The number of hydrogen-bond acceptors (Lipinski definition) is 5. The number of ether oxygens (including phenoxy) is 2. The van der Waals surface area contributed by atoms with Gasteiger partial charge in [-0.25, -0.2) is 4.68 Å². The molecule has 0 N–H and O–H groups in total. The minimum Gasteiger partial charge on any atom is -0.497 e. The second-order valence-electron chi connectivity index (χ2n) is 3.28. The summed E-state index contributed by atoms with van der Waals surface area (Å²) in [6, 6.07) is 5.29. The van der Waals surface area contributed by atoms with Crippen LogP contribution in [0.2, 0.25) is 0 Å². The van der Waals surface area contributed by atoms with E-state index in [4.69, 9.17) is 9.47 Å². The third-order valence-electron chi connectivity index (χ3n) is 2.23. The average Bonchev–Trinajstić information content (AvgIpc) is 2.86. The van der Waals surface area contributed by atoms with Crippen molar-refractivity contribution >= 4 is 6.29 Å². The third kappa shape index (κ3) is 2.25. The summed E-state index contributed by atoms with van der Waals surface area (Å²) >= 11 is 0. The van der Waals surface area contributed by atoms with Crippen molar-refractivity contribution in [1.29, 1.82) is 0 Å². The number of hydrogen-bond donors (Lipinski definition) is 0. The van der Waals surface area contributed by atoms with E-state index in [1.54, 1.807) is 32.4 Å². The largest absolute Gasteiger partial charge is 0.497 e. The fourth-order valence-corrected chi connectivity index (χ4v) is 1.38. The number of carbonyl (C=O) groups is 1. The maximum absolute atomic E-state index is 10.5. The predicted octanol–water partition coefficient (Wildman–Crippen LogP) is 1.10. The lowest BCUT2D eigenvalue weighted by Gasteiger charge is -2.07. The normalized spacial score (nSPS) is 10.0. The standard InChI is InChI=1S/C11H11N3O3/c1-16-10-3-9(4-11(5-10)17-2)14-6-8(7-15)12-13-14/h3-7H,1-2H3. The number of rotatable bonds is 4. The van der Waals surface area contributed by atoms with Crippen molar-refractivity contribution < 1.29 is 14.3 Å². The Kier molecular flexibility index (Phi) is 3.04. The number of benzene rings is 1. The van der Waals surface area contributed by atoms with Gasteiger partial charge >= 0.3 is 0 Å². The van der Waals surface area contributed by atoms with Crippen molar-refractivity contribution in [2.75, 3.05) is 14.2 Å². The molecule has 0 fully saturated rings. The Morgan fingerprint density at radius 3 is 2.29 bits per heavy atom. The van der Waals surface area contributed by atoms with Gasteiger partial charge in [0.2, 0.25) is 0 Å². The van der Waals surface area contributed by atoms with Gasteiger partial charge < -0.3 is 9.47 Å². The minimum absolute atomic E-state index is 0.270. The molecule has 0 atom stereocenters. The molecule has 6 heteroatoms. The van der Waals surface area contributed by atoms with Crippen LogP contribution >= 0.6 is 0 Å². The van der Waals surface area contributed by atoms with E-state index >= 15 is 0 Å². The molecule has 17 heavy (non-hydrogen) atoms. The summed E-state index contributed by atoms with van der Waals surface area (Å²) < 4.78 is 11.8. The topological polar surface area (TPSA) is 66.2 Å². The van der Waals surface area contributed by atoms with Crippen LogP contribution in [0, 0.1) is 0 Å². The molecule has 0 aliphatic carbocycles. The van der Waals surface area contributed by atoms with Crippen LogP contribution in [0.4, 0.5) is 0 Å². The van der Waals surface area contributed by atoms with Gasteiger partial charge in [-0.15, -0.1) is 5.10 Å². The highest BCUT2D eigenvalue weighted by atomic mass is 16.5. The maximum atomic E-state index is 10.5. The summed E-state index contributed by atoms with van der Waals surface area (Å²) in [5, 5.41) is 7.52. The molecule has 6 nitrogen and oxygen atoms in total. The lowest BCUT2D eigenvalue weighted by atomic mass is 10.3. The van der Waals surface area contributed by atoms with Gasteiger partial charge in [-0.05, 0) is 0 Å². The van der Waals surface area contributed by atoms with Crippen LogP contribution in [0.3, 0.4) is 0 Å². The molecule has 0 unspecified atom stereocenters. The molecule has 1 heterocycles. The number of nitrogens with zero attached hydrogens (tertiary/aromatic N) is 3. The fourth-order valence-electron chi connectivity index (χ4n) is 1.38. The first-order valence-corrected chi connectivity index (χ1v) is 4.88. The molecular weight excluding hydrogens is 222 g/mol. The zero-order valence-electron chi connectivity index (χ0n) is 9.45. The number of methoxy groups -OCH3 is 2. The Hall–Kier alpha value is -2.37. The predicted molar refractivity (Wildman–Crippen MR) is 59.9 cm³/mol. The summed E-state index contributed by atoms with van der Waals surface area (Å²) in [6.45, 7) is 0. The fraction of sp³-hybridized carbons (Fsp3) is 0.182. The average molecular weight is 233 g/mol. The van der Waals surface area contributed by atoms with E-state index in [9.17, 15) is 4.79 Å². The Morgan fingerprint density at radius 1 is 1.18 bits per heavy atom. The van der Waals surface area contributed by atoms with Crippen LogP contribution in [-0.2, 0) is 0 Å². The molecule has 0 radical (unpaired) electrons. The first kappa shape index (κ1) is 11.1. The highest BCUT2D eigenvalue weighted by Crippen LogP contribution is 2.24. The molecule has 0 saturated carbocycles. The molecular formula is C11H11N3O3. The van der Waals surface area contributed by atoms with Gasteiger partial charge in [-0.2, -0.15) is 0 Å². The van der Waals surface area contributed by atoms with Crippen LogP contribution in [0.5, 0.6) is 11.5 Å². The van der Waals surface area contributed by atoms with Crippen LogP contribution in [-0.4, -0.2) is 35.5 Å². The van der Waals surface area contributed by atoms with Crippen molar-refractivity contribution in [3.63, 3.8) is 0 Å². The highest BCUT2D eigenvalue weighted by Gasteiger charge is 2.06. The molecule has 0 spiro atoms. The molecule has 0 amide bonds. The van der Waals surface area contributed by atoms with E-state index in [1.807, 2.05) is 0 Å². The Labute approximate surface area is 97.8 Å². The molecule has 0 saturated heterocycles. The molecule has 2 rings (SSSR count). The van der Waals surface area contributed by atoms with Crippen LogP contribution in [0.25, 0.3) is 5.69 Å².